The fraction of sp³-hybridized carbons (Fsp3) is 0.235. The Hall–Kier alpha value is -1.51. The first-order valence-electron chi connectivity index (χ1n) is 6.74. The van der Waals surface area contributed by atoms with Crippen molar-refractivity contribution in [3.05, 3.63) is 57.1 Å². The second-order valence-electron chi connectivity index (χ2n) is 4.79. The molecule has 2 aromatic rings. The lowest BCUT2D eigenvalue weighted by Gasteiger charge is -2.08. The van der Waals surface area contributed by atoms with Crippen LogP contribution in [0.25, 0.3) is 0 Å². The molecule has 0 atom stereocenters. The van der Waals surface area contributed by atoms with Crippen LogP contribution in [0, 0.1) is 13.8 Å². The number of ether oxygens (including phenoxy) is 1. The Morgan fingerprint density at radius 3 is 2.38 bits per heavy atom. The molecule has 0 radical (unpaired) electrons. The van der Waals surface area contributed by atoms with E-state index in [4.69, 9.17) is 27.9 Å². The van der Waals surface area contributed by atoms with Crippen molar-refractivity contribution in [3.63, 3.8) is 0 Å². The number of nitrogens with zero attached hydrogens (tertiary/aromatic N) is 1. The smallest absolute Gasteiger partial charge is 0.156 e. The van der Waals surface area contributed by atoms with E-state index in [9.17, 15) is 0 Å². The minimum atomic E-state index is 0.492. The molecule has 0 aliphatic carbocycles. The van der Waals surface area contributed by atoms with Gasteiger partial charge in [-0.1, -0.05) is 35.3 Å². The van der Waals surface area contributed by atoms with Gasteiger partial charge in [0.25, 0.3) is 0 Å². The summed E-state index contributed by atoms with van der Waals surface area (Å²) in [5, 5.41) is 0.985. The maximum Gasteiger partial charge on any atom is 0.156 e. The van der Waals surface area contributed by atoms with Gasteiger partial charge in [-0.3, -0.25) is 4.99 Å². The molecule has 0 amide bonds. The number of halogens is 2. The van der Waals surface area contributed by atoms with E-state index in [1.54, 1.807) is 18.3 Å². The number of hydrogen-bond donors (Lipinski definition) is 0. The van der Waals surface area contributed by atoms with E-state index in [1.807, 2.05) is 26.8 Å². The molecule has 0 N–H and O–H groups in total. The molecule has 0 aliphatic heterocycles. The summed E-state index contributed by atoms with van der Waals surface area (Å²) < 4.78 is 5.41. The Labute approximate surface area is 135 Å². The fourth-order valence-electron chi connectivity index (χ4n) is 1.94. The first kappa shape index (κ1) is 15.9. The summed E-state index contributed by atoms with van der Waals surface area (Å²) in [7, 11) is 0. The average molecular weight is 322 g/mol. The Morgan fingerprint density at radius 1 is 1.10 bits per heavy atom. The van der Waals surface area contributed by atoms with Crippen LogP contribution in [0.4, 0.5) is 5.69 Å². The van der Waals surface area contributed by atoms with Crippen LogP contribution in [0.2, 0.25) is 10.0 Å². The molecular weight excluding hydrogens is 305 g/mol. The molecular formula is C17H17Cl2NO. The minimum absolute atomic E-state index is 0.492. The third-order valence-electron chi connectivity index (χ3n) is 3.03. The number of aliphatic imine (C=N–C) groups is 1. The predicted molar refractivity (Wildman–Crippen MR) is 90.8 cm³/mol. The van der Waals surface area contributed by atoms with E-state index in [-0.39, 0.29) is 0 Å². The summed E-state index contributed by atoms with van der Waals surface area (Å²) in [4.78, 5) is 4.51. The highest BCUT2D eigenvalue weighted by molar-refractivity contribution is 6.37. The van der Waals surface area contributed by atoms with Gasteiger partial charge in [-0.15, -0.1) is 0 Å². The quantitative estimate of drug-likeness (QED) is 0.656. The van der Waals surface area contributed by atoms with Gasteiger partial charge in [0.1, 0.15) is 0 Å². The molecule has 2 rings (SSSR count). The summed E-state index contributed by atoms with van der Waals surface area (Å²) in [6.45, 7) is 6.49. The molecule has 4 heteroatoms. The first-order chi connectivity index (χ1) is 10.0. The highest BCUT2D eigenvalue weighted by Gasteiger charge is 2.08. The summed E-state index contributed by atoms with van der Waals surface area (Å²) in [6.07, 6.45) is 1.76. The zero-order valence-corrected chi connectivity index (χ0v) is 13.8. The molecule has 0 fully saturated rings. The van der Waals surface area contributed by atoms with E-state index in [2.05, 4.69) is 17.1 Å². The van der Waals surface area contributed by atoms with Crippen molar-refractivity contribution in [2.75, 3.05) is 6.61 Å². The highest BCUT2D eigenvalue weighted by atomic mass is 35.5. The van der Waals surface area contributed by atoms with Crippen molar-refractivity contribution in [2.45, 2.75) is 20.8 Å². The van der Waals surface area contributed by atoms with Crippen LogP contribution in [-0.2, 0) is 0 Å². The van der Waals surface area contributed by atoms with Crippen molar-refractivity contribution in [1.29, 1.82) is 0 Å². The molecule has 0 saturated carbocycles. The highest BCUT2D eigenvalue weighted by Crippen LogP contribution is 2.34. The van der Waals surface area contributed by atoms with Gasteiger partial charge < -0.3 is 4.74 Å². The lowest BCUT2D eigenvalue weighted by molar-refractivity contribution is 0.340. The normalized spacial score (nSPS) is 11.1. The van der Waals surface area contributed by atoms with Crippen LogP contribution in [0.3, 0.4) is 0 Å². The van der Waals surface area contributed by atoms with Crippen molar-refractivity contribution in [3.8, 4) is 5.75 Å². The SMILES string of the molecule is CCOc1c(Cl)cc(C=Nc2cc(C)ccc2C)cc1Cl. The molecule has 2 nitrogen and oxygen atoms in total. The monoisotopic (exact) mass is 321 g/mol. The summed E-state index contributed by atoms with van der Waals surface area (Å²) in [5.41, 5.74) is 4.08. The van der Waals surface area contributed by atoms with Crippen LogP contribution < -0.4 is 4.74 Å². The Bertz CT molecular complexity index is 657. The van der Waals surface area contributed by atoms with Gasteiger partial charge in [0.15, 0.2) is 5.75 Å². The summed E-state index contributed by atoms with van der Waals surface area (Å²) in [6, 6.07) is 9.77. The van der Waals surface area contributed by atoms with Crippen molar-refractivity contribution < 1.29 is 4.74 Å². The zero-order chi connectivity index (χ0) is 15.4. The number of hydrogen-bond acceptors (Lipinski definition) is 2. The second kappa shape index (κ2) is 6.97. The first-order valence-corrected chi connectivity index (χ1v) is 7.50. The molecule has 0 unspecified atom stereocenters. The maximum atomic E-state index is 6.18. The van der Waals surface area contributed by atoms with Crippen LogP contribution >= 0.6 is 23.2 Å². The van der Waals surface area contributed by atoms with Crippen LogP contribution in [0.5, 0.6) is 5.75 Å². The van der Waals surface area contributed by atoms with Gasteiger partial charge in [0, 0.05) is 6.21 Å². The molecule has 0 aliphatic rings. The van der Waals surface area contributed by atoms with E-state index < -0.39 is 0 Å². The molecule has 110 valence electrons. The van der Waals surface area contributed by atoms with Crippen molar-refractivity contribution in [1.82, 2.24) is 0 Å². The van der Waals surface area contributed by atoms with Crippen molar-refractivity contribution >= 4 is 35.1 Å². The lowest BCUT2D eigenvalue weighted by Crippen LogP contribution is -1.94. The van der Waals surface area contributed by atoms with Gasteiger partial charge in [0.2, 0.25) is 0 Å². The third-order valence-corrected chi connectivity index (χ3v) is 3.59. The molecule has 0 saturated heterocycles. The van der Waals surface area contributed by atoms with E-state index in [0.717, 1.165) is 16.8 Å². The van der Waals surface area contributed by atoms with Gasteiger partial charge in [-0.2, -0.15) is 0 Å². The minimum Gasteiger partial charge on any atom is -0.491 e. The largest absolute Gasteiger partial charge is 0.491 e. The van der Waals surface area contributed by atoms with Crippen LogP contribution in [-0.4, -0.2) is 12.8 Å². The van der Waals surface area contributed by atoms with E-state index in [0.29, 0.717) is 22.4 Å². The topological polar surface area (TPSA) is 21.6 Å². The Kier molecular flexibility index (Phi) is 5.27. The molecule has 0 heterocycles. The number of benzene rings is 2. The van der Waals surface area contributed by atoms with Crippen molar-refractivity contribution in [2.24, 2.45) is 4.99 Å². The maximum absolute atomic E-state index is 6.18. The summed E-state index contributed by atoms with van der Waals surface area (Å²) in [5.74, 6) is 0.518. The predicted octanol–water partition coefficient (Wildman–Crippen LogP) is 5.76. The standard InChI is InChI=1S/C17H17Cl2NO/c1-4-21-17-14(18)8-13(9-15(17)19)10-20-16-7-11(2)5-6-12(16)3/h5-10H,4H2,1-3H3. The fourth-order valence-corrected chi connectivity index (χ4v) is 2.55. The average Bonchev–Trinajstić information content (AvgIpc) is 2.44. The van der Waals surface area contributed by atoms with Gasteiger partial charge in [0.05, 0.1) is 22.3 Å². The van der Waals surface area contributed by atoms with E-state index in [1.165, 1.54) is 5.56 Å². The van der Waals surface area contributed by atoms with Gasteiger partial charge in [-0.25, -0.2) is 0 Å². The molecule has 0 spiro atoms. The second-order valence-corrected chi connectivity index (χ2v) is 5.61. The molecule has 0 bridgehead atoms. The molecule has 21 heavy (non-hydrogen) atoms. The number of aryl methyl sites for hydroxylation is 2. The molecule has 2 aromatic carbocycles. The zero-order valence-electron chi connectivity index (χ0n) is 12.3. The number of rotatable bonds is 4. The Balaban J connectivity index is 2.31. The Morgan fingerprint density at radius 2 is 1.76 bits per heavy atom. The third kappa shape index (κ3) is 3.99. The summed E-state index contributed by atoms with van der Waals surface area (Å²) >= 11 is 12.4. The van der Waals surface area contributed by atoms with Gasteiger partial charge >= 0.3 is 0 Å². The van der Waals surface area contributed by atoms with Crippen LogP contribution in [0.15, 0.2) is 35.3 Å². The lowest BCUT2D eigenvalue weighted by atomic mass is 10.1. The molecule has 0 aromatic heterocycles. The van der Waals surface area contributed by atoms with Gasteiger partial charge in [-0.05, 0) is 55.7 Å². The van der Waals surface area contributed by atoms with E-state index >= 15 is 0 Å². The van der Waals surface area contributed by atoms with Crippen LogP contribution in [0.1, 0.15) is 23.6 Å².